The first-order chi connectivity index (χ1) is 14.6. The minimum atomic E-state index is -3.52. The molecule has 0 spiro atoms. The van der Waals surface area contributed by atoms with Crippen molar-refractivity contribution in [2.75, 3.05) is 26.2 Å². The molecule has 1 N–H and O–H groups in total. The van der Waals surface area contributed by atoms with Crippen LogP contribution in [-0.4, -0.2) is 54.7 Å². The van der Waals surface area contributed by atoms with E-state index in [-0.39, 0.29) is 5.91 Å². The van der Waals surface area contributed by atoms with Gasteiger partial charge in [-0.05, 0) is 49.4 Å². The number of carbonyl (C=O) groups is 1. The molecule has 1 fully saturated rings. The number of aromatic amines is 1. The highest BCUT2D eigenvalue weighted by atomic mass is 32.2. The maximum atomic E-state index is 13.3. The van der Waals surface area contributed by atoms with Crippen molar-refractivity contribution in [2.24, 2.45) is 0 Å². The smallest absolute Gasteiger partial charge is 0.256 e. The summed E-state index contributed by atoms with van der Waals surface area (Å²) in [6.07, 6.45) is 4.47. The maximum absolute atomic E-state index is 13.3. The van der Waals surface area contributed by atoms with E-state index in [0.717, 1.165) is 23.7 Å². The largest absolute Gasteiger partial charge is 0.358 e. The van der Waals surface area contributed by atoms with Crippen molar-refractivity contribution < 1.29 is 13.2 Å². The minimum Gasteiger partial charge on any atom is -0.358 e. The topological polar surface area (TPSA) is 73.5 Å². The summed E-state index contributed by atoms with van der Waals surface area (Å²) in [6.45, 7) is 1.39. The minimum absolute atomic E-state index is 0.0315. The van der Waals surface area contributed by atoms with Crippen LogP contribution in [0.3, 0.4) is 0 Å². The van der Waals surface area contributed by atoms with Gasteiger partial charge < -0.3 is 9.88 Å². The number of fused-ring (bicyclic) bond motifs is 3. The van der Waals surface area contributed by atoms with Gasteiger partial charge in [-0.15, -0.1) is 0 Å². The molecule has 2 aliphatic rings. The average molecular weight is 424 g/mol. The summed E-state index contributed by atoms with van der Waals surface area (Å²) < 4.78 is 27.1. The lowest BCUT2D eigenvalue weighted by Crippen LogP contribution is -2.50. The average Bonchev–Trinajstić information content (AvgIpc) is 3.18. The van der Waals surface area contributed by atoms with Crippen LogP contribution in [0.5, 0.6) is 0 Å². The number of aryl methyl sites for hydroxylation is 2. The maximum Gasteiger partial charge on any atom is 0.256 e. The van der Waals surface area contributed by atoms with Gasteiger partial charge in [0.1, 0.15) is 0 Å². The number of hydrogen-bond acceptors (Lipinski definition) is 3. The van der Waals surface area contributed by atoms with Crippen LogP contribution in [0.4, 0.5) is 0 Å². The number of aromatic nitrogens is 1. The van der Waals surface area contributed by atoms with Gasteiger partial charge in [0.05, 0.1) is 16.0 Å². The van der Waals surface area contributed by atoms with Crippen LogP contribution >= 0.6 is 0 Å². The number of hydrogen-bond donors (Lipinski definition) is 1. The van der Waals surface area contributed by atoms with Gasteiger partial charge in [0.15, 0.2) is 0 Å². The Hall–Kier alpha value is -2.64. The van der Waals surface area contributed by atoms with Gasteiger partial charge in [-0.3, -0.25) is 4.79 Å². The number of nitrogens with zero attached hydrogens (tertiary/aromatic N) is 2. The molecule has 1 amide bonds. The quantitative estimate of drug-likeness (QED) is 0.703. The molecule has 30 heavy (non-hydrogen) atoms. The summed E-state index contributed by atoms with van der Waals surface area (Å²) in [5.41, 5.74) is 4.22. The van der Waals surface area contributed by atoms with Gasteiger partial charge in [-0.2, -0.15) is 4.31 Å². The van der Waals surface area contributed by atoms with Crippen molar-refractivity contribution in [1.29, 1.82) is 0 Å². The van der Waals surface area contributed by atoms with E-state index >= 15 is 0 Å². The summed E-state index contributed by atoms with van der Waals surface area (Å²) in [5.74, 6) is -0.0315. The molecule has 0 bridgehead atoms. The van der Waals surface area contributed by atoms with Gasteiger partial charge in [-0.1, -0.05) is 30.3 Å². The van der Waals surface area contributed by atoms with E-state index in [0.29, 0.717) is 36.6 Å². The van der Waals surface area contributed by atoms with Crippen molar-refractivity contribution in [3.8, 4) is 0 Å². The predicted octanol–water partition coefficient (Wildman–Crippen LogP) is 3.19. The summed E-state index contributed by atoms with van der Waals surface area (Å²) in [4.78, 5) is 18.9. The standard InChI is InChI=1S/C23H25N3O3S/c27-23(20-11-6-10-19-18-9-4-5-12-21(18)24-22(19)20)25-13-15-26(16-14-25)30(28,29)17-7-2-1-3-8-17/h1-3,6-8,10-11,24H,4-5,9,12-16H2. The Bertz CT molecular complexity index is 1190. The van der Waals surface area contributed by atoms with Crippen LogP contribution in [-0.2, 0) is 22.9 Å². The number of rotatable bonds is 3. The first-order valence-corrected chi connectivity index (χ1v) is 12.0. The summed E-state index contributed by atoms with van der Waals surface area (Å²) >= 11 is 0. The van der Waals surface area contributed by atoms with Gasteiger partial charge in [0, 0.05) is 37.3 Å². The number of nitrogens with one attached hydrogen (secondary N) is 1. The number of H-pyrrole nitrogens is 1. The van der Waals surface area contributed by atoms with E-state index < -0.39 is 10.0 Å². The molecular formula is C23H25N3O3S. The van der Waals surface area contributed by atoms with Gasteiger partial charge in [0.25, 0.3) is 5.91 Å². The monoisotopic (exact) mass is 423 g/mol. The number of amides is 1. The fourth-order valence-corrected chi connectivity index (χ4v) is 6.09. The zero-order chi connectivity index (χ0) is 20.7. The number of piperazine rings is 1. The van der Waals surface area contributed by atoms with Crippen LogP contribution in [0.2, 0.25) is 0 Å². The fourth-order valence-electron chi connectivity index (χ4n) is 4.65. The molecule has 5 rings (SSSR count). The Balaban J connectivity index is 1.36. The Kier molecular flexibility index (Phi) is 4.87. The Labute approximate surface area is 176 Å². The number of para-hydroxylation sites is 1. The molecule has 7 heteroatoms. The van der Waals surface area contributed by atoms with Crippen molar-refractivity contribution in [3.63, 3.8) is 0 Å². The molecule has 1 aliphatic heterocycles. The van der Waals surface area contributed by atoms with Crippen LogP contribution < -0.4 is 0 Å². The molecule has 0 unspecified atom stereocenters. The van der Waals surface area contributed by atoms with Gasteiger partial charge >= 0.3 is 0 Å². The lowest BCUT2D eigenvalue weighted by molar-refractivity contribution is 0.0699. The SMILES string of the molecule is O=C(c1cccc2c3c([nH]c12)CCCC3)N1CCN(S(=O)(=O)c2ccccc2)CC1. The molecule has 156 valence electrons. The Morgan fingerprint density at radius 1 is 0.867 bits per heavy atom. The third kappa shape index (κ3) is 3.22. The molecule has 0 atom stereocenters. The van der Waals surface area contributed by atoms with E-state index in [1.54, 1.807) is 35.2 Å². The zero-order valence-corrected chi connectivity index (χ0v) is 17.6. The van der Waals surface area contributed by atoms with E-state index in [4.69, 9.17) is 0 Å². The molecule has 2 aromatic carbocycles. The molecule has 1 aromatic heterocycles. The highest BCUT2D eigenvalue weighted by Gasteiger charge is 2.31. The van der Waals surface area contributed by atoms with E-state index in [2.05, 4.69) is 11.1 Å². The second-order valence-corrected chi connectivity index (χ2v) is 9.96. The molecule has 0 radical (unpaired) electrons. The number of benzene rings is 2. The van der Waals surface area contributed by atoms with E-state index in [1.807, 2.05) is 12.1 Å². The van der Waals surface area contributed by atoms with E-state index in [9.17, 15) is 13.2 Å². The first-order valence-electron chi connectivity index (χ1n) is 10.5. The molecule has 6 nitrogen and oxygen atoms in total. The predicted molar refractivity (Wildman–Crippen MR) is 116 cm³/mol. The summed E-state index contributed by atoms with van der Waals surface area (Å²) in [7, 11) is -3.52. The summed E-state index contributed by atoms with van der Waals surface area (Å²) in [5, 5.41) is 1.15. The van der Waals surface area contributed by atoms with E-state index in [1.165, 1.54) is 28.4 Å². The zero-order valence-electron chi connectivity index (χ0n) is 16.8. The normalized spacial score (nSPS) is 17.8. The lowest BCUT2D eigenvalue weighted by Gasteiger charge is -2.34. The van der Waals surface area contributed by atoms with Crippen molar-refractivity contribution in [3.05, 3.63) is 65.4 Å². The molecule has 1 saturated heterocycles. The van der Waals surface area contributed by atoms with Crippen molar-refractivity contribution >= 4 is 26.8 Å². The van der Waals surface area contributed by atoms with Crippen molar-refractivity contribution in [1.82, 2.24) is 14.2 Å². The fraction of sp³-hybridized carbons (Fsp3) is 0.348. The van der Waals surface area contributed by atoms with Gasteiger partial charge in [0.2, 0.25) is 10.0 Å². The van der Waals surface area contributed by atoms with Crippen LogP contribution in [0.25, 0.3) is 10.9 Å². The van der Waals surface area contributed by atoms with Crippen LogP contribution in [0.1, 0.15) is 34.5 Å². The Morgan fingerprint density at radius 2 is 1.60 bits per heavy atom. The summed E-state index contributed by atoms with van der Waals surface area (Å²) in [6, 6.07) is 14.4. The van der Waals surface area contributed by atoms with Crippen molar-refractivity contribution in [2.45, 2.75) is 30.6 Å². The highest BCUT2D eigenvalue weighted by Crippen LogP contribution is 2.31. The first kappa shape index (κ1) is 19.3. The second-order valence-electron chi connectivity index (χ2n) is 8.03. The third-order valence-corrected chi connectivity index (χ3v) is 8.18. The molecule has 3 aromatic rings. The third-order valence-electron chi connectivity index (χ3n) is 6.27. The lowest BCUT2D eigenvalue weighted by atomic mass is 9.95. The molecule has 1 aliphatic carbocycles. The molecule has 2 heterocycles. The van der Waals surface area contributed by atoms with Crippen LogP contribution in [0.15, 0.2) is 53.4 Å². The molecule has 0 saturated carbocycles. The highest BCUT2D eigenvalue weighted by molar-refractivity contribution is 7.89. The number of sulfonamides is 1. The Morgan fingerprint density at radius 3 is 2.37 bits per heavy atom. The van der Waals surface area contributed by atoms with Crippen LogP contribution in [0, 0.1) is 0 Å². The molecular weight excluding hydrogens is 398 g/mol. The second kappa shape index (κ2) is 7.56. The van der Waals surface area contributed by atoms with Gasteiger partial charge in [-0.25, -0.2) is 8.42 Å². The number of carbonyl (C=O) groups excluding carboxylic acids is 1.